The third-order valence-corrected chi connectivity index (χ3v) is 6.03. The SMILES string of the molecule is Cc1cc(F)ccc1C(CC(=O)N(C)Cc1cc(C(F)(F)F)cc(C(F)(F)F)c1)C1=CCNCC1. The maximum atomic E-state index is 13.7. The van der Waals surface area contributed by atoms with Gasteiger partial charge in [-0.1, -0.05) is 17.7 Å². The summed E-state index contributed by atoms with van der Waals surface area (Å²) in [6.45, 7) is 2.59. The Morgan fingerprint density at radius 1 is 1.03 bits per heavy atom. The van der Waals surface area contributed by atoms with E-state index < -0.39 is 41.7 Å². The van der Waals surface area contributed by atoms with Crippen LogP contribution in [-0.4, -0.2) is 30.9 Å². The van der Waals surface area contributed by atoms with Crippen molar-refractivity contribution < 1.29 is 35.5 Å². The number of nitrogens with zero attached hydrogens (tertiary/aromatic N) is 1. The number of aryl methyl sites for hydroxylation is 1. The molecule has 1 heterocycles. The van der Waals surface area contributed by atoms with E-state index in [-0.39, 0.29) is 24.0 Å². The van der Waals surface area contributed by atoms with Gasteiger partial charge >= 0.3 is 12.4 Å². The van der Waals surface area contributed by atoms with Crippen LogP contribution >= 0.6 is 0 Å². The number of nitrogens with one attached hydrogen (secondary N) is 1. The van der Waals surface area contributed by atoms with E-state index in [1.54, 1.807) is 13.0 Å². The second kappa shape index (κ2) is 10.4. The molecule has 0 radical (unpaired) electrons. The molecule has 1 aliphatic heterocycles. The number of hydrogen-bond donors (Lipinski definition) is 1. The summed E-state index contributed by atoms with van der Waals surface area (Å²) in [5.41, 5.74) is -0.764. The fourth-order valence-electron chi connectivity index (χ4n) is 4.23. The molecule has 0 bridgehead atoms. The highest BCUT2D eigenvalue weighted by Gasteiger charge is 2.37. The zero-order chi connectivity index (χ0) is 26.0. The minimum absolute atomic E-state index is 0.0557. The number of alkyl halides is 6. The predicted octanol–water partition coefficient (Wildman–Crippen LogP) is 6.22. The molecule has 1 atom stereocenters. The van der Waals surface area contributed by atoms with Crippen molar-refractivity contribution in [3.8, 4) is 0 Å². The number of carbonyl (C=O) groups excluding carboxylic acids is 1. The van der Waals surface area contributed by atoms with Crippen LogP contribution in [-0.2, 0) is 23.7 Å². The van der Waals surface area contributed by atoms with Gasteiger partial charge in [0.2, 0.25) is 5.91 Å². The fraction of sp³-hybridized carbons (Fsp3) is 0.400. The van der Waals surface area contributed by atoms with Gasteiger partial charge in [-0.15, -0.1) is 0 Å². The molecular formula is C25H25F7N2O. The highest BCUT2D eigenvalue weighted by atomic mass is 19.4. The average Bonchev–Trinajstić information content (AvgIpc) is 2.77. The average molecular weight is 502 g/mol. The lowest BCUT2D eigenvalue weighted by atomic mass is 9.83. The van der Waals surface area contributed by atoms with Gasteiger partial charge in [0.1, 0.15) is 5.82 Å². The van der Waals surface area contributed by atoms with Crippen LogP contribution < -0.4 is 5.32 Å². The van der Waals surface area contributed by atoms with E-state index >= 15 is 0 Å². The zero-order valence-electron chi connectivity index (χ0n) is 19.2. The summed E-state index contributed by atoms with van der Waals surface area (Å²) in [7, 11) is 1.33. The minimum atomic E-state index is -4.97. The van der Waals surface area contributed by atoms with Crippen LogP contribution in [0.25, 0.3) is 0 Å². The smallest absolute Gasteiger partial charge is 0.341 e. The van der Waals surface area contributed by atoms with Gasteiger partial charge < -0.3 is 10.2 Å². The molecule has 35 heavy (non-hydrogen) atoms. The van der Waals surface area contributed by atoms with Gasteiger partial charge in [-0.2, -0.15) is 26.3 Å². The first kappa shape index (κ1) is 26.7. The molecule has 3 nitrogen and oxygen atoms in total. The van der Waals surface area contributed by atoms with Gasteiger partial charge in [0, 0.05) is 32.5 Å². The van der Waals surface area contributed by atoms with Crippen LogP contribution in [0.1, 0.15) is 46.6 Å². The van der Waals surface area contributed by atoms with Crippen LogP contribution in [0.3, 0.4) is 0 Å². The maximum Gasteiger partial charge on any atom is 0.416 e. The summed E-state index contributed by atoms with van der Waals surface area (Å²) in [6, 6.07) is 5.56. The molecule has 1 amide bonds. The molecule has 0 saturated heterocycles. The molecule has 2 aromatic carbocycles. The van der Waals surface area contributed by atoms with Crippen molar-refractivity contribution in [2.45, 2.75) is 44.6 Å². The molecule has 0 aliphatic carbocycles. The number of halogens is 7. The Morgan fingerprint density at radius 3 is 2.17 bits per heavy atom. The summed E-state index contributed by atoms with van der Waals surface area (Å²) >= 11 is 0. The van der Waals surface area contributed by atoms with Crippen molar-refractivity contribution in [1.82, 2.24) is 10.2 Å². The van der Waals surface area contributed by atoms with E-state index in [4.69, 9.17) is 0 Å². The van der Waals surface area contributed by atoms with Gasteiger partial charge in [-0.25, -0.2) is 4.39 Å². The van der Waals surface area contributed by atoms with Crippen LogP contribution in [0, 0.1) is 12.7 Å². The van der Waals surface area contributed by atoms with E-state index in [9.17, 15) is 35.5 Å². The number of carbonyl (C=O) groups is 1. The van der Waals surface area contributed by atoms with Crippen molar-refractivity contribution in [3.63, 3.8) is 0 Å². The van der Waals surface area contributed by atoms with E-state index in [0.29, 0.717) is 37.2 Å². The zero-order valence-corrected chi connectivity index (χ0v) is 19.2. The van der Waals surface area contributed by atoms with Crippen molar-refractivity contribution >= 4 is 5.91 Å². The predicted molar refractivity (Wildman–Crippen MR) is 117 cm³/mol. The quantitative estimate of drug-likeness (QED) is 0.376. The molecule has 0 fully saturated rings. The lowest BCUT2D eigenvalue weighted by Crippen LogP contribution is -2.30. The second-order valence-corrected chi connectivity index (χ2v) is 8.65. The standard InChI is InChI=1S/C25H25F7N2O/c1-15-9-20(26)3-4-21(15)22(17-5-7-33-8-6-17)13-23(35)34(2)14-16-10-18(24(27,28)29)12-19(11-16)25(30,31)32/h3-5,9-12,22,33H,6-8,13-14H2,1-2H3. The molecule has 2 aromatic rings. The first-order valence-electron chi connectivity index (χ1n) is 10.9. The summed E-state index contributed by atoms with van der Waals surface area (Å²) in [6.07, 6.45) is -7.38. The van der Waals surface area contributed by atoms with E-state index in [1.165, 1.54) is 19.2 Å². The molecule has 0 spiro atoms. The van der Waals surface area contributed by atoms with Crippen molar-refractivity contribution in [2.75, 3.05) is 20.1 Å². The normalized spacial score (nSPS) is 15.5. The largest absolute Gasteiger partial charge is 0.416 e. The van der Waals surface area contributed by atoms with Gasteiger partial charge in [0.25, 0.3) is 0 Å². The third kappa shape index (κ3) is 6.84. The van der Waals surface area contributed by atoms with Gasteiger partial charge in [-0.3, -0.25) is 4.79 Å². The van der Waals surface area contributed by atoms with Gasteiger partial charge in [0.05, 0.1) is 11.1 Å². The summed E-state index contributed by atoms with van der Waals surface area (Å²) in [5.74, 6) is -1.26. The molecule has 1 aliphatic rings. The molecular weight excluding hydrogens is 477 g/mol. The number of benzene rings is 2. The van der Waals surface area contributed by atoms with E-state index in [1.807, 2.05) is 6.08 Å². The van der Waals surface area contributed by atoms with E-state index in [0.717, 1.165) is 16.0 Å². The van der Waals surface area contributed by atoms with E-state index in [2.05, 4.69) is 5.32 Å². The topological polar surface area (TPSA) is 32.3 Å². The Labute approximate surface area is 198 Å². The maximum absolute atomic E-state index is 13.7. The van der Waals surface area contributed by atoms with Crippen molar-refractivity contribution in [1.29, 1.82) is 0 Å². The highest BCUT2D eigenvalue weighted by Crippen LogP contribution is 2.37. The van der Waals surface area contributed by atoms with Crippen LogP contribution in [0.4, 0.5) is 30.7 Å². The van der Waals surface area contributed by atoms with Gasteiger partial charge in [-0.05, 0) is 66.9 Å². The molecule has 1 unspecified atom stereocenters. The molecule has 0 aromatic heterocycles. The molecule has 1 N–H and O–H groups in total. The summed E-state index contributed by atoms with van der Waals surface area (Å²) in [5, 5.41) is 3.17. The summed E-state index contributed by atoms with van der Waals surface area (Å²) in [4.78, 5) is 14.2. The Balaban J connectivity index is 1.87. The van der Waals surface area contributed by atoms with Crippen LogP contribution in [0.15, 0.2) is 48.0 Å². The number of hydrogen-bond acceptors (Lipinski definition) is 2. The monoisotopic (exact) mass is 502 g/mol. The molecule has 3 rings (SSSR count). The Morgan fingerprint density at radius 2 is 1.66 bits per heavy atom. The molecule has 0 saturated carbocycles. The molecule has 190 valence electrons. The second-order valence-electron chi connectivity index (χ2n) is 8.65. The van der Waals surface area contributed by atoms with Crippen LogP contribution in [0.2, 0.25) is 0 Å². The lowest BCUT2D eigenvalue weighted by molar-refractivity contribution is -0.143. The third-order valence-electron chi connectivity index (χ3n) is 6.03. The van der Waals surface area contributed by atoms with Crippen molar-refractivity contribution in [3.05, 3.63) is 81.7 Å². The number of rotatable bonds is 6. The first-order valence-corrected chi connectivity index (χ1v) is 10.9. The Hall–Kier alpha value is -2.88. The lowest BCUT2D eigenvalue weighted by Gasteiger charge is -2.27. The summed E-state index contributed by atoms with van der Waals surface area (Å²) < 4.78 is 92.7. The molecule has 10 heteroatoms. The van der Waals surface area contributed by atoms with Crippen LogP contribution in [0.5, 0.6) is 0 Å². The van der Waals surface area contributed by atoms with Crippen molar-refractivity contribution in [2.24, 2.45) is 0 Å². The Bertz CT molecular complexity index is 1070. The first-order chi connectivity index (χ1) is 16.3. The highest BCUT2D eigenvalue weighted by molar-refractivity contribution is 5.77. The Kier molecular flexibility index (Phi) is 7.93. The fourth-order valence-corrected chi connectivity index (χ4v) is 4.23. The van der Waals surface area contributed by atoms with Gasteiger partial charge in [0.15, 0.2) is 0 Å². The minimum Gasteiger partial charge on any atom is -0.341 e. The number of amides is 1.